The van der Waals surface area contributed by atoms with E-state index < -0.39 is 10.0 Å². The molecule has 5 nitrogen and oxygen atoms in total. The van der Waals surface area contributed by atoms with Gasteiger partial charge >= 0.3 is 0 Å². The molecule has 114 valence electrons. The lowest BCUT2D eigenvalue weighted by Gasteiger charge is -2.09. The summed E-state index contributed by atoms with van der Waals surface area (Å²) in [6, 6.07) is 2.27. The second-order valence-electron chi connectivity index (χ2n) is 5.70. The Morgan fingerprint density at radius 3 is 2.70 bits per heavy atom. The van der Waals surface area contributed by atoms with Gasteiger partial charge in [-0.1, -0.05) is 20.3 Å². The maximum absolute atomic E-state index is 12.3. The van der Waals surface area contributed by atoms with Crippen LogP contribution in [0.1, 0.15) is 44.8 Å². The van der Waals surface area contributed by atoms with E-state index in [1.807, 2.05) is 14.0 Å². The van der Waals surface area contributed by atoms with E-state index in [2.05, 4.69) is 21.5 Å². The van der Waals surface area contributed by atoms with Crippen molar-refractivity contribution in [3.63, 3.8) is 0 Å². The summed E-state index contributed by atoms with van der Waals surface area (Å²) in [5.74, 6) is 0.354. The first-order valence-electron chi connectivity index (χ1n) is 7.33. The lowest BCUT2D eigenvalue weighted by Crippen LogP contribution is -2.28. The molecule has 2 rings (SSSR count). The van der Waals surface area contributed by atoms with Gasteiger partial charge in [0.15, 0.2) is 0 Å². The van der Waals surface area contributed by atoms with Crippen molar-refractivity contribution in [2.75, 3.05) is 13.6 Å². The molecule has 0 aromatic carbocycles. The lowest BCUT2D eigenvalue weighted by atomic mass is 10.1. The van der Waals surface area contributed by atoms with Crippen LogP contribution in [0.3, 0.4) is 0 Å². The number of sulfonamides is 1. The Bertz CT molecular complexity index is 547. The SMILES string of the molecule is CCC(C)CNS(=O)(=O)c1cc(CNC)n(C2CC2)c1. The summed E-state index contributed by atoms with van der Waals surface area (Å²) < 4.78 is 29.5. The van der Waals surface area contributed by atoms with Crippen molar-refractivity contribution < 1.29 is 8.42 Å². The van der Waals surface area contributed by atoms with Gasteiger partial charge in [-0.25, -0.2) is 13.1 Å². The summed E-state index contributed by atoms with van der Waals surface area (Å²) in [5.41, 5.74) is 1.04. The number of hydrogen-bond acceptors (Lipinski definition) is 3. The van der Waals surface area contributed by atoms with Crippen LogP contribution in [0.4, 0.5) is 0 Å². The van der Waals surface area contributed by atoms with Gasteiger partial charge in [0.05, 0.1) is 4.90 Å². The summed E-state index contributed by atoms with van der Waals surface area (Å²) in [7, 11) is -1.52. The maximum atomic E-state index is 12.3. The fraction of sp³-hybridized carbons (Fsp3) is 0.714. The van der Waals surface area contributed by atoms with Crippen molar-refractivity contribution in [1.82, 2.24) is 14.6 Å². The zero-order chi connectivity index (χ0) is 14.8. The van der Waals surface area contributed by atoms with Crippen molar-refractivity contribution in [3.8, 4) is 0 Å². The largest absolute Gasteiger partial charge is 0.346 e. The van der Waals surface area contributed by atoms with Gasteiger partial charge < -0.3 is 9.88 Å². The van der Waals surface area contributed by atoms with E-state index in [0.717, 1.165) is 25.0 Å². The van der Waals surface area contributed by atoms with E-state index in [1.165, 1.54) is 0 Å². The number of rotatable bonds is 8. The monoisotopic (exact) mass is 299 g/mol. The molecule has 1 aromatic rings. The van der Waals surface area contributed by atoms with Crippen LogP contribution in [-0.4, -0.2) is 26.6 Å². The number of aromatic nitrogens is 1. The van der Waals surface area contributed by atoms with E-state index in [0.29, 0.717) is 29.9 Å². The Morgan fingerprint density at radius 2 is 2.15 bits per heavy atom. The van der Waals surface area contributed by atoms with Crippen LogP contribution in [-0.2, 0) is 16.6 Å². The van der Waals surface area contributed by atoms with Crippen LogP contribution in [0.25, 0.3) is 0 Å². The van der Waals surface area contributed by atoms with Gasteiger partial charge in [0.25, 0.3) is 0 Å². The van der Waals surface area contributed by atoms with Gasteiger partial charge in [0, 0.05) is 31.0 Å². The highest BCUT2D eigenvalue weighted by molar-refractivity contribution is 7.89. The molecule has 2 N–H and O–H groups in total. The minimum atomic E-state index is -3.39. The smallest absolute Gasteiger partial charge is 0.242 e. The first-order valence-corrected chi connectivity index (χ1v) is 8.81. The van der Waals surface area contributed by atoms with Gasteiger partial charge in [0.1, 0.15) is 0 Å². The predicted molar refractivity (Wildman–Crippen MR) is 80.1 cm³/mol. The van der Waals surface area contributed by atoms with Crippen LogP contribution >= 0.6 is 0 Å². The van der Waals surface area contributed by atoms with Crippen LogP contribution in [0.15, 0.2) is 17.2 Å². The molecule has 0 spiro atoms. The number of nitrogens with zero attached hydrogens (tertiary/aromatic N) is 1. The molecule has 0 saturated heterocycles. The molecule has 0 aliphatic heterocycles. The summed E-state index contributed by atoms with van der Waals surface area (Å²) in [6.07, 6.45) is 5.04. The van der Waals surface area contributed by atoms with E-state index in [4.69, 9.17) is 0 Å². The Labute approximate surface area is 121 Å². The van der Waals surface area contributed by atoms with Crippen LogP contribution in [0.2, 0.25) is 0 Å². The molecule has 20 heavy (non-hydrogen) atoms. The molecule has 1 unspecified atom stereocenters. The minimum Gasteiger partial charge on any atom is -0.346 e. The van der Waals surface area contributed by atoms with Crippen molar-refractivity contribution >= 4 is 10.0 Å². The Balaban J connectivity index is 2.16. The van der Waals surface area contributed by atoms with Crippen molar-refractivity contribution in [3.05, 3.63) is 18.0 Å². The zero-order valence-electron chi connectivity index (χ0n) is 12.5. The molecule has 6 heteroatoms. The molecule has 1 aliphatic carbocycles. The Morgan fingerprint density at radius 1 is 1.45 bits per heavy atom. The highest BCUT2D eigenvalue weighted by atomic mass is 32.2. The molecule has 0 radical (unpaired) electrons. The van der Waals surface area contributed by atoms with E-state index in [-0.39, 0.29) is 0 Å². The normalized spacial score (nSPS) is 17.4. The quantitative estimate of drug-likeness (QED) is 0.770. The fourth-order valence-electron chi connectivity index (χ4n) is 2.14. The molecule has 1 aliphatic rings. The van der Waals surface area contributed by atoms with Crippen molar-refractivity contribution in [2.24, 2.45) is 5.92 Å². The molecule has 0 bridgehead atoms. The predicted octanol–water partition coefficient (Wildman–Crippen LogP) is 1.87. The molecular formula is C14H25N3O2S. The average molecular weight is 299 g/mol. The highest BCUT2D eigenvalue weighted by Gasteiger charge is 2.28. The Kier molecular flexibility index (Phi) is 4.88. The van der Waals surface area contributed by atoms with E-state index in [1.54, 1.807) is 12.3 Å². The maximum Gasteiger partial charge on any atom is 0.242 e. The van der Waals surface area contributed by atoms with Crippen LogP contribution in [0, 0.1) is 5.92 Å². The van der Waals surface area contributed by atoms with E-state index >= 15 is 0 Å². The van der Waals surface area contributed by atoms with Crippen molar-refractivity contribution in [1.29, 1.82) is 0 Å². The topological polar surface area (TPSA) is 63.1 Å². The molecule has 1 heterocycles. The van der Waals surface area contributed by atoms with Gasteiger partial charge in [-0.15, -0.1) is 0 Å². The molecule has 1 fully saturated rings. The second kappa shape index (κ2) is 6.28. The highest BCUT2D eigenvalue weighted by Crippen LogP contribution is 2.37. The van der Waals surface area contributed by atoms with Crippen molar-refractivity contribution in [2.45, 2.75) is 50.6 Å². The second-order valence-corrected chi connectivity index (χ2v) is 7.47. The summed E-state index contributed by atoms with van der Waals surface area (Å²) in [5, 5.41) is 3.10. The molecule has 1 aromatic heterocycles. The van der Waals surface area contributed by atoms with Gasteiger partial charge in [-0.3, -0.25) is 0 Å². The van der Waals surface area contributed by atoms with Gasteiger partial charge in [-0.05, 0) is 31.9 Å². The first-order chi connectivity index (χ1) is 9.47. The third kappa shape index (κ3) is 3.62. The number of nitrogens with one attached hydrogen (secondary N) is 2. The molecule has 0 amide bonds. The molecule has 1 atom stereocenters. The third-order valence-corrected chi connectivity index (χ3v) is 5.22. The Hall–Kier alpha value is -0.850. The zero-order valence-corrected chi connectivity index (χ0v) is 13.3. The third-order valence-electron chi connectivity index (χ3n) is 3.83. The molecular weight excluding hydrogens is 274 g/mol. The summed E-state index contributed by atoms with van der Waals surface area (Å²) >= 11 is 0. The van der Waals surface area contributed by atoms with Crippen LogP contribution in [0.5, 0.6) is 0 Å². The first kappa shape index (κ1) is 15.5. The standard InChI is InChI=1S/C14H25N3O2S/c1-4-11(2)8-16-20(18,19)14-7-13(9-15-3)17(10-14)12-5-6-12/h7,10-12,15-16H,4-6,8-9H2,1-3H3. The average Bonchev–Trinajstić information content (AvgIpc) is 3.17. The molecule has 1 saturated carbocycles. The lowest BCUT2D eigenvalue weighted by molar-refractivity contribution is 0.528. The van der Waals surface area contributed by atoms with Gasteiger partial charge in [-0.2, -0.15) is 0 Å². The summed E-state index contributed by atoms with van der Waals surface area (Å²) in [6.45, 7) is 5.30. The van der Waals surface area contributed by atoms with Crippen LogP contribution < -0.4 is 10.0 Å². The summed E-state index contributed by atoms with van der Waals surface area (Å²) in [4.78, 5) is 0.387. The number of hydrogen-bond donors (Lipinski definition) is 2. The fourth-order valence-corrected chi connectivity index (χ4v) is 3.35. The van der Waals surface area contributed by atoms with Gasteiger partial charge in [0.2, 0.25) is 10.0 Å². The minimum absolute atomic E-state index is 0.354. The van der Waals surface area contributed by atoms with E-state index in [9.17, 15) is 8.42 Å².